The molecular weight excluding hydrogens is 236 g/mol. The molecule has 0 spiro atoms. The van der Waals surface area contributed by atoms with E-state index in [0.29, 0.717) is 0 Å². The molecular formula is C15H20N4. The summed E-state index contributed by atoms with van der Waals surface area (Å²) in [6.07, 6.45) is 13.4. The SMILES string of the molecule is c1cn2c(CN(CC3CC3)CC3CC3)cnc2cn1. The highest BCUT2D eigenvalue weighted by atomic mass is 15.2. The molecule has 0 aliphatic heterocycles. The van der Waals surface area contributed by atoms with Crippen LogP contribution in [0.25, 0.3) is 5.65 Å². The van der Waals surface area contributed by atoms with Crippen LogP contribution in [0.5, 0.6) is 0 Å². The number of imidazole rings is 1. The summed E-state index contributed by atoms with van der Waals surface area (Å²) in [4.78, 5) is 11.2. The highest BCUT2D eigenvalue weighted by Gasteiger charge is 2.29. The van der Waals surface area contributed by atoms with Gasteiger partial charge in [0.05, 0.1) is 18.1 Å². The molecule has 0 saturated heterocycles. The number of rotatable bonds is 6. The van der Waals surface area contributed by atoms with Crippen LogP contribution in [-0.4, -0.2) is 32.4 Å². The van der Waals surface area contributed by atoms with Gasteiger partial charge in [-0.3, -0.25) is 14.3 Å². The minimum Gasteiger partial charge on any atom is -0.300 e. The van der Waals surface area contributed by atoms with E-state index in [-0.39, 0.29) is 0 Å². The lowest BCUT2D eigenvalue weighted by atomic mass is 10.3. The molecule has 0 radical (unpaired) electrons. The first kappa shape index (κ1) is 11.4. The third kappa shape index (κ3) is 2.63. The van der Waals surface area contributed by atoms with Crippen molar-refractivity contribution < 1.29 is 0 Å². The largest absolute Gasteiger partial charge is 0.300 e. The van der Waals surface area contributed by atoms with Crippen molar-refractivity contribution in [1.82, 2.24) is 19.3 Å². The number of hydrogen-bond donors (Lipinski definition) is 0. The Labute approximate surface area is 113 Å². The summed E-state index contributed by atoms with van der Waals surface area (Å²) in [5, 5.41) is 0. The average molecular weight is 256 g/mol. The van der Waals surface area contributed by atoms with Gasteiger partial charge >= 0.3 is 0 Å². The van der Waals surface area contributed by atoms with Crippen molar-refractivity contribution in [1.29, 1.82) is 0 Å². The molecule has 100 valence electrons. The Balaban J connectivity index is 1.52. The first-order valence-electron chi connectivity index (χ1n) is 7.37. The molecule has 4 rings (SSSR count). The van der Waals surface area contributed by atoms with Crippen LogP contribution in [-0.2, 0) is 6.54 Å². The van der Waals surface area contributed by atoms with Gasteiger partial charge in [0, 0.05) is 32.0 Å². The van der Waals surface area contributed by atoms with Crippen LogP contribution in [0, 0.1) is 11.8 Å². The molecule has 0 aromatic carbocycles. The van der Waals surface area contributed by atoms with Crippen LogP contribution in [0.2, 0.25) is 0 Å². The molecule has 2 aromatic rings. The van der Waals surface area contributed by atoms with Crippen molar-refractivity contribution in [2.45, 2.75) is 32.2 Å². The summed E-state index contributed by atoms with van der Waals surface area (Å²) < 4.78 is 2.17. The fourth-order valence-electron chi connectivity index (χ4n) is 2.78. The Hall–Kier alpha value is -1.42. The van der Waals surface area contributed by atoms with Crippen molar-refractivity contribution in [2.24, 2.45) is 11.8 Å². The molecule has 19 heavy (non-hydrogen) atoms. The Morgan fingerprint density at radius 3 is 2.53 bits per heavy atom. The molecule has 4 nitrogen and oxygen atoms in total. The van der Waals surface area contributed by atoms with E-state index in [4.69, 9.17) is 0 Å². The fourth-order valence-corrected chi connectivity index (χ4v) is 2.78. The lowest BCUT2D eigenvalue weighted by Crippen LogP contribution is -2.28. The molecule has 2 heterocycles. The first-order valence-corrected chi connectivity index (χ1v) is 7.37. The first-order chi connectivity index (χ1) is 9.38. The Morgan fingerprint density at radius 2 is 1.84 bits per heavy atom. The van der Waals surface area contributed by atoms with Crippen LogP contribution in [0.15, 0.2) is 24.8 Å². The lowest BCUT2D eigenvalue weighted by Gasteiger charge is -2.21. The van der Waals surface area contributed by atoms with Gasteiger partial charge in [0.2, 0.25) is 0 Å². The fraction of sp³-hybridized carbons (Fsp3) is 0.600. The molecule has 0 unspecified atom stereocenters. The molecule has 0 N–H and O–H groups in total. The summed E-state index contributed by atoms with van der Waals surface area (Å²) in [5.74, 6) is 1.92. The van der Waals surface area contributed by atoms with Gasteiger partial charge in [-0.05, 0) is 37.5 Å². The van der Waals surface area contributed by atoms with E-state index >= 15 is 0 Å². The summed E-state index contributed by atoms with van der Waals surface area (Å²) >= 11 is 0. The van der Waals surface area contributed by atoms with Gasteiger partial charge in [0.15, 0.2) is 5.65 Å². The van der Waals surface area contributed by atoms with Crippen molar-refractivity contribution in [3.63, 3.8) is 0 Å². The van der Waals surface area contributed by atoms with Crippen molar-refractivity contribution in [2.75, 3.05) is 13.1 Å². The van der Waals surface area contributed by atoms with E-state index in [1.54, 1.807) is 0 Å². The molecule has 4 heteroatoms. The summed E-state index contributed by atoms with van der Waals surface area (Å²) in [6, 6.07) is 0. The number of hydrogen-bond acceptors (Lipinski definition) is 3. The van der Waals surface area contributed by atoms with Crippen molar-refractivity contribution in [3.8, 4) is 0 Å². The van der Waals surface area contributed by atoms with Crippen molar-refractivity contribution >= 4 is 5.65 Å². The molecule has 2 fully saturated rings. The predicted octanol–water partition coefficient (Wildman–Crippen LogP) is 2.35. The standard InChI is InChI=1S/C15H20N4/c1-2-12(1)9-18(10-13-3-4-13)11-14-7-17-15-8-16-5-6-19(14)15/h5-8,12-13H,1-4,9-11H2. The Morgan fingerprint density at radius 1 is 1.11 bits per heavy atom. The molecule has 2 aliphatic carbocycles. The summed E-state index contributed by atoms with van der Waals surface area (Å²) in [6.45, 7) is 3.57. The normalized spacial score (nSPS) is 19.4. The maximum atomic E-state index is 4.44. The molecule has 0 amide bonds. The quantitative estimate of drug-likeness (QED) is 0.795. The minimum absolute atomic E-state index is 0.954. The monoisotopic (exact) mass is 256 g/mol. The van der Waals surface area contributed by atoms with Gasteiger partial charge in [-0.2, -0.15) is 0 Å². The van der Waals surface area contributed by atoms with E-state index in [1.807, 2.05) is 24.8 Å². The van der Waals surface area contributed by atoms with E-state index in [2.05, 4.69) is 19.3 Å². The maximum Gasteiger partial charge on any atom is 0.155 e. The molecule has 0 atom stereocenters. The average Bonchev–Trinajstić information content (AvgIpc) is 3.33. The van der Waals surface area contributed by atoms with E-state index in [9.17, 15) is 0 Å². The smallest absolute Gasteiger partial charge is 0.155 e. The highest BCUT2D eigenvalue weighted by molar-refractivity contribution is 5.36. The molecule has 2 aliphatic rings. The zero-order valence-corrected chi connectivity index (χ0v) is 11.2. The zero-order chi connectivity index (χ0) is 12.7. The van der Waals surface area contributed by atoms with Gasteiger partial charge in [-0.1, -0.05) is 0 Å². The van der Waals surface area contributed by atoms with Crippen LogP contribution in [0.3, 0.4) is 0 Å². The van der Waals surface area contributed by atoms with Gasteiger partial charge in [-0.25, -0.2) is 4.98 Å². The topological polar surface area (TPSA) is 33.4 Å². The second-order valence-corrected chi connectivity index (χ2v) is 6.13. The number of aromatic nitrogens is 3. The van der Waals surface area contributed by atoms with Gasteiger partial charge in [0.25, 0.3) is 0 Å². The third-order valence-electron chi connectivity index (χ3n) is 4.21. The second kappa shape index (κ2) is 4.60. The molecule has 2 aromatic heterocycles. The summed E-state index contributed by atoms with van der Waals surface area (Å²) in [5.41, 5.74) is 2.24. The Bertz CT molecular complexity index is 554. The van der Waals surface area contributed by atoms with Gasteiger partial charge < -0.3 is 0 Å². The highest BCUT2D eigenvalue weighted by Crippen LogP contribution is 2.34. The van der Waals surface area contributed by atoms with Crippen LogP contribution >= 0.6 is 0 Å². The van der Waals surface area contributed by atoms with E-state index in [1.165, 1.54) is 44.5 Å². The number of fused-ring (bicyclic) bond motifs is 1. The van der Waals surface area contributed by atoms with Gasteiger partial charge in [0.1, 0.15) is 0 Å². The van der Waals surface area contributed by atoms with E-state index in [0.717, 1.165) is 24.0 Å². The van der Waals surface area contributed by atoms with Crippen molar-refractivity contribution in [3.05, 3.63) is 30.5 Å². The van der Waals surface area contributed by atoms with Crippen LogP contribution in [0.4, 0.5) is 0 Å². The van der Waals surface area contributed by atoms with Gasteiger partial charge in [-0.15, -0.1) is 0 Å². The predicted molar refractivity (Wildman–Crippen MR) is 73.7 cm³/mol. The Kier molecular flexibility index (Phi) is 2.76. The lowest BCUT2D eigenvalue weighted by molar-refractivity contribution is 0.241. The zero-order valence-electron chi connectivity index (χ0n) is 11.2. The molecule has 0 bridgehead atoms. The molecule has 2 saturated carbocycles. The van der Waals surface area contributed by atoms with Crippen LogP contribution in [0.1, 0.15) is 31.4 Å². The second-order valence-electron chi connectivity index (χ2n) is 6.13. The third-order valence-corrected chi connectivity index (χ3v) is 4.21. The maximum absolute atomic E-state index is 4.44. The minimum atomic E-state index is 0.954. The van der Waals surface area contributed by atoms with E-state index < -0.39 is 0 Å². The summed E-state index contributed by atoms with van der Waals surface area (Å²) in [7, 11) is 0. The number of nitrogens with zero attached hydrogens (tertiary/aromatic N) is 4. The van der Waals surface area contributed by atoms with Crippen LogP contribution < -0.4 is 0 Å².